The van der Waals surface area contributed by atoms with Crippen LogP contribution in [0.1, 0.15) is 11.1 Å². The first-order chi connectivity index (χ1) is 6.42. The van der Waals surface area contributed by atoms with E-state index < -0.39 is 21.6 Å². The zero-order chi connectivity index (χ0) is 10.8. The van der Waals surface area contributed by atoms with Gasteiger partial charge in [0.1, 0.15) is 11.9 Å². The van der Waals surface area contributed by atoms with E-state index >= 15 is 0 Å². The van der Waals surface area contributed by atoms with Gasteiger partial charge in [-0.05, 0) is 17.7 Å². The highest BCUT2D eigenvalue weighted by atomic mass is 32.2. The number of nitrogens with two attached hydrogens (primary N) is 1. The Hall–Kier alpha value is -1.45. The van der Waals surface area contributed by atoms with Crippen LogP contribution in [0.4, 0.5) is 4.39 Å². The van der Waals surface area contributed by atoms with Gasteiger partial charge in [0.15, 0.2) is 0 Å². The molecule has 2 N–H and O–H groups in total. The summed E-state index contributed by atoms with van der Waals surface area (Å²) in [5, 5.41) is 13.3. The van der Waals surface area contributed by atoms with Crippen molar-refractivity contribution >= 4 is 10.0 Å². The Labute approximate surface area is 80.8 Å². The first kappa shape index (κ1) is 10.6. The second-order valence-corrected chi connectivity index (χ2v) is 4.35. The van der Waals surface area contributed by atoms with Crippen molar-refractivity contribution in [3.8, 4) is 6.07 Å². The number of halogens is 1. The van der Waals surface area contributed by atoms with Gasteiger partial charge in [0.25, 0.3) is 0 Å². The number of nitrogens with zero attached hydrogens (tertiary/aromatic N) is 1. The maximum atomic E-state index is 12.8. The molecule has 4 nitrogen and oxygen atoms in total. The molecule has 0 saturated carbocycles. The Kier molecular flexibility index (Phi) is 2.84. The summed E-state index contributed by atoms with van der Waals surface area (Å²) < 4.78 is 34.2. The number of sulfonamides is 1. The molecule has 0 heterocycles. The molecule has 0 radical (unpaired) electrons. The van der Waals surface area contributed by atoms with Gasteiger partial charge in [-0.1, -0.05) is 6.07 Å². The second-order valence-electron chi connectivity index (χ2n) is 2.73. The van der Waals surface area contributed by atoms with E-state index in [1.54, 1.807) is 6.07 Å². The molecule has 0 aliphatic carbocycles. The Morgan fingerprint density at radius 2 is 2.14 bits per heavy atom. The smallest absolute Gasteiger partial charge is 0.213 e. The predicted octanol–water partition coefficient (Wildman–Crippen LogP) is 0.486. The van der Waals surface area contributed by atoms with Crippen molar-refractivity contribution in [3.63, 3.8) is 0 Å². The predicted molar refractivity (Wildman–Crippen MR) is 47.9 cm³/mol. The molecule has 0 aliphatic rings. The Morgan fingerprint density at radius 1 is 1.50 bits per heavy atom. The van der Waals surface area contributed by atoms with Crippen LogP contribution in [0.3, 0.4) is 0 Å². The van der Waals surface area contributed by atoms with E-state index in [9.17, 15) is 12.8 Å². The van der Waals surface area contributed by atoms with Crippen LogP contribution in [-0.2, 0) is 15.8 Å². The average molecular weight is 214 g/mol. The summed E-state index contributed by atoms with van der Waals surface area (Å²) in [6.07, 6.45) is 0. The van der Waals surface area contributed by atoms with Gasteiger partial charge in [0, 0.05) is 0 Å². The van der Waals surface area contributed by atoms with Crippen LogP contribution in [-0.4, -0.2) is 8.42 Å². The lowest BCUT2D eigenvalue weighted by Crippen LogP contribution is -2.14. The van der Waals surface area contributed by atoms with E-state index in [4.69, 9.17) is 10.4 Å². The van der Waals surface area contributed by atoms with Crippen LogP contribution in [0.25, 0.3) is 0 Å². The van der Waals surface area contributed by atoms with Crippen molar-refractivity contribution in [1.29, 1.82) is 5.26 Å². The Morgan fingerprint density at radius 3 is 2.64 bits per heavy atom. The van der Waals surface area contributed by atoms with Gasteiger partial charge in [-0.25, -0.2) is 17.9 Å². The van der Waals surface area contributed by atoms with Crippen LogP contribution in [0, 0.1) is 17.1 Å². The van der Waals surface area contributed by atoms with Gasteiger partial charge in [0.05, 0.1) is 11.3 Å². The minimum Gasteiger partial charge on any atom is -0.228 e. The number of benzene rings is 1. The summed E-state index contributed by atoms with van der Waals surface area (Å²) >= 11 is 0. The largest absolute Gasteiger partial charge is 0.228 e. The number of hydrogen-bond donors (Lipinski definition) is 1. The monoisotopic (exact) mass is 214 g/mol. The maximum Gasteiger partial charge on any atom is 0.213 e. The quantitative estimate of drug-likeness (QED) is 0.777. The molecule has 0 spiro atoms. The molecule has 0 amide bonds. The summed E-state index contributed by atoms with van der Waals surface area (Å²) in [4.78, 5) is 0. The van der Waals surface area contributed by atoms with E-state index in [1.165, 1.54) is 12.1 Å². The number of rotatable bonds is 2. The lowest BCUT2D eigenvalue weighted by Gasteiger charge is -2.00. The van der Waals surface area contributed by atoms with Crippen LogP contribution >= 0.6 is 0 Å². The highest BCUT2D eigenvalue weighted by molar-refractivity contribution is 7.88. The average Bonchev–Trinajstić information content (AvgIpc) is 2.06. The minimum atomic E-state index is -3.65. The Balaban J connectivity index is 3.09. The Bertz CT molecular complexity index is 491. The standard InChI is InChI=1S/C8H7FN2O2S/c9-8-2-1-6(3-7(8)4-10)5-14(11,12)13/h1-3H,5H2,(H2,11,12,13). The fourth-order valence-electron chi connectivity index (χ4n) is 0.980. The highest BCUT2D eigenvalue weighted by Crippen LogP contribution is 2.11. The fraction of sp³-hybridized carbons (Fsp3) is 0.125. The zero-order valence-corrected chi connectivity index (χ0v) is 7.88. The fourth-order valence-corrected chi connectivity index (χ4v) is 1.62. The molecule has 14 heavy (non-hydrogen) atoms. The number of primary sulfonamides is 1. The summed E-state index contributed by atoms with van der Waals surface area (Å²) in [6.45, 7) is 0. The van der Waals surface area contributed by atoms with Gasteiger partial charge in [-0.15, -0.1) is 0 Å². The molecule has 0 aromatic heterocycles. The van der Waals surface area contributed by atoms with E-state index in [0.717, 1.165) is 6.07 Å². The third kappa shape index (κ3) is 2.80. The molecule has 74 valence electrons. The van der Waals surface area contributed by atoms with Crippen LogP contribution < -0.4 is 5.14 Å². The maximum absolute atomic E-state index is 12.8. The van der Waals surface area contributed by atoms with Gasteiger partial charge >= 0.3 is 0 Å². The molecule has 0 fully saturated rings. The molecule has 1 aromatic rings. The van der Waals surface area contributed by atoms with E-state index in [2.05, 4.69) is 0 Å². The molecule has 1 aromatic carbocycles. The summed E-state index contributed by atoms with van der Waals surface area (Å²) in [6, 6.07) is 5.10. The summed E-state index contributed by atoms with van der Waals surface area (Å²) in [7, 11) is -3.65. The third-order valence-corrected chi connectivity index (χ3v) is 2.25. The van der Waals surface area contributed by atoms with E-state index in [1.807, 2.05) is 0 Å². The molecule has 0 aliphatic heterocycles. The van der Waals surface area contributed by atoms with Crippen LogP contribution in [0.15, 0.2) is 18.2 Å². The molecule has 0 saturated heterocycles. The van der Waals surface area contributed by atoms with Gasteiger partial charge in [0.2, 0.25) is 10.0 Å². The SMILES string of the molecule is N#Cc1cc(CS(N)(=O)=O)ccc1F. The van der Waals surface area contributed by atoms with Gasteiger partial charge in [-0.3, -0.25) is 0 Å². The van der Waals surface area contributed by atoms with Crippen molar-refractivity contribution in [3.05, 3.63) is 35.1 Å². The molecular formula is C8H7FN2O2S. The first-order valence-electron chi connectivity index (χ1n) is 3.61. The summed E-state index contributed by atoms with van der Waals surface area (Å²) in [5.74, 6) is -1.08. The van der Waals surface area contributed by atoms with Crippen molar-refractivity contribution in [1.82, 2.24) is 0 Å². The van der Waals surface area contributed by atoms with Crippen molar-refractivity contribution in [2.45, 2.75) is 5.75 Å². The van der Waals surface area contributed by atoms with Crippen molar-refractivity contribution < 1.29 is 12.8 Å². The molecule has 0 unspecified atom stereocenters. The first-order valence-corrected chi connectivity index (χ1v) is 5.33. The highest BCUT2D eigenvalue weighted by Gasteiger charge is 2.08. The molecule has 0 bridgehead atoms. The lowest BCUT2D eigenvalue weighted by molar-refractivity contribution is 0.596. The van der Waals surface area contributed by atoms with Gasteiger partial charge < -0.3 is 0 Å². The second kappa shape index (κ2) is 3.74. The van der Waals surface area contributed by atoms with Gasteiger partial charge in [-0.2, -0.15) is 5.26 Å². The topological polar surface area (TPSA) is 83.9 Å². The van der Waals surface area contributed by atoms with E-state index in [-0.39, 0.29) is 5.56 Å². The normalized spacial score (nSPS) is 10.9. The third-order valence-electron chi connectivity index (χ3n) is 1.52. The zero-order valence-electron chi connectivity index (χ0n) is 7.07. The summed E-state index contributed by atoms with van der Waals surface area (Å²) in [5.41, 5.74) is 0.108. The van der Waals surface area contributed by atoms with Crippen LogP contribution in [0.5, 0.6) is 0 Å². The molecule has 1 rings (SSSR count). The minimum absolute atomic E-state index is 0.189. The molecular weight excluding hydrogens is 207 g/mol. The van der Waals surface area contributed by atoms with Crippen molar-refractivity contribution in [2.75, 3.05) is 0 Å². The van der Waals surface area contributed by atoms with Crippen LogP contribution in [0.2, 0.25) is 0 Å². The number of hydrogen-bond acceptors (Lipinski definition) is 3. The molecule has 6 heteroatoms. The number of nitriles is 1. The van der Waals surface area contributed by atoms with Crippen molar-refractivity contribution in [2.24, 2.45) is 5.14 Å². The lowest BCUT2D eigenvalue weighted by atomic mass is 10.1. The van der Waals surface area contributed by atoms with E-state index in [0.29, 0.717) is 5.56 Å². The molecule has 0 atom stereocenters.